The largest absolute Gasteiger partial charge is 0.494 e. The summed E-state index contributed by atoms with van der Waals surface area (Å²) in [6.07, 6.45) is 6.56. The molecule has 0 aliphatic rings. The van der Waals surface area contributed by atoms with Crippen LogP contribution in [0.15, 0.2) is 53.5 Å². The predicted octanol–water partition coefficient (Wildman–Crippen LogP) is 3.79. The zero-order valence-corrected chi connectivity index (χ0v) is 15.5. The molecule has 2 aromatic carbocycles. The van der Waals surface area contributed by atoms with Crippen LogP contribution in [0.25, 0.3) is 10.2 Å². The minimum Gasteiger partial charge on any atom is -0.494 e. The number of amides is 1. The summed E-state index contributed by atoms with van der Waals surface area (Å²) in [6.45, 7) is 2.93. The van der Waals surface area contributed by atoms with E-state index in [1.165, 1.54) is 11.3 Å². The van der Waals surface area contributed by atoms with E-state index in [9.17, 15) is 4.79 Å². The smallest absolute Gasteiger partial charge is 0.248 e. The number of hydrogen-bond donors (Lipinski definition) is 0. The summed E-state index contributed by atoms with van der Waals surface area (Å²) in [6, 6.07) is 15.8. The number of carbonyl (C=O) groups is 1. The third kappa shape index (κ3) is 4.22. The monoisotopic (exact) mass is 364 g/mol. The molecule has 0 atom stereocenters. The lowest BCUT2D eigenvalue weighted by molar-refractivity contribution is -0.118. The second kappa shape index (κ2) is 8.50. The van der Waals surface area contributed by atoms with Gasteiger partial charge in [-0.2, -0.15) is 4.99 Å². The van der Waals surface area contributed by atoms with Crippen LogP contribution >= 0.6 is 11.3 Å². The van der Waals surface area contributed by atoms with Gasteiger partial charge in [0.15, 0.2) is 4.80 Å². The predicted molar refractivity (Wildman–Crippen MR) is 105 cm³/mol. The van der Waals surface area contributed by atoms with Crippen molar-refractivity contribution in [2.24, 2.45) is 4.99 Å². The molecule has 1 heterocycles. The van der Waals surface area contributed by atoms with Crippen LogP contribution in [-0.4, -0.2) is 17.1 Å². The molecule has 26 heavy (non-hydrogen) atoms. The lowest BCUT2D eigenvalue weighted by atomic mass is 10.1. The number of aryl methyl sites for hydroxylation is 1. The van der Waals surface area contributed by atoms with E-state index >= 15 is 0 Å². The Morgan fingerprint density at radius 3 is 2.81 bits per heavy atom. The van der Waals surface area contributed by atoms with Crippen molar-refractivity contribution in [1.29, 1.82) is 0 Å². The fourth-order valence-electron chi connectivity index (χ4n) is 2.70. The fourth-order valence-corrected chi connectivity index (χ4v) is 3.77. The first kappa shape index (κ1) is 18.0. The van der Waals surface area contributed by atoms with Gasteiger partial charge in [-0.1, -0.05) is 47.6 Å². The van der Waals surface area contributed by atoms with Gasteiger partial charge < -0.3 is 9.30 Å². The van der Waals surface area contributed by atoms with Crippen molar-refractivity contribution in [2.45, 2.75) is 26.3 Å². The molecule has 3 rings (SSSR count). The van der Waals surface area contributed by atoms with Crippen LogP contribution in [0.5, 0.6) is 5.75 Å². The number of terminal acetylenes is 1. The van der Waals surface area contributed by atoms with Crippen LogP contribution in [0.3, 0.4) is 0 Å². The first-order chi connectivity index (χ1) is 12.7. The number of hydrogen-bond acceptors (Lipinski definition) is 3. The maximum atomic E-state index is 12.3. The van der Waals surface area contributed by atoms with Gasteiger partial charge in [-0.15, -0.1) is 6.42 Å². The van der Waals surface area contributed by atoms with Gasteiger partial charge in [-0.3, -0.25) is 4.79 Å². The zero-order valence-electron chi connectivity index (χ0n) is 14.6. The molecule has 0 unspecified atom stereocenters. The number of carbonyl (C=O) groups excluding carboxylic acids is 1. The number of ether oxygens (including phenoxy) is 1. The molecule has 0 saturated heterocycles. The van der Waals surface area contributed by atoms with Crippen molar-refractivity contribution in [2.75, 3.05) is 6.61 Å². The van der Waals surface area contributed by atoms with Crippen LogP contribution in [0.2, 0.25) is 0 Å². The van der Waals surface area contributed by atoms with E-state index in [0.29, 0.717) is 30.8 Å². The Morgan fingerprint density at radius 1 is 1.27 bits per heavy atom. The van der Waals surface area contributed by atoms with Gasteiger partial charge in [0.05, 0.1) is 23.4 Å². The molecule has 1 amide bonds. The molecular weight excluding hydrogens is 344 g/mol. The second-order valence-corrected chi connectivity index (χ2v) is 6.74. The van der Waals surface area contributed by atoms with Crippen LogP contribution in [0.4, 0.5) is 0 Å². The molecule has 0 N–H and O–H groups in total. The number of fused-ring (bicyclic) bond motifs is 1. The van der Waals surface area contributed by atoms with Crippen LogP contribution in [-0.2, 0) is 17.8 Å². The number of aromatic nitrogens is 1. The van der Waals surface area contributed by atoms with E-state index < -0.39 is 0 Å². The Balaban J connectivity index is 1.89. The maximum Gasteiger partial charge on any atom is 0.248 e. The van der Waals surface area contributed by atoms with Crippen molar-refractivity contribution in [3.05, 3.63) is 58.9 Å². The summed E-state index contributed by atoms with van der Waals surface area (Å²) in [5.74, 6) is 3.30. The Kier molecular flexibility index (Phi) is 5.88. The normalized spacial score (nSPS) is 11.5. The quantitative estimate of drug-likeness (QED) is 0.625. The van der Waals surface area contributed by atoms with Gasteiger partial charge in [0.1, 0.15) is 5.75 Å². The van der Waals surface area contributed by atoms with E-state index in [4.69, 9.17) is 11.2 Å². The Labute approximate surface area is 156 Å². The molecule has 1 aromatic heterocycles. The summed E-state index contributed by atoms with van der Waals surface area (Å²) < 4.78 is 8.45. The Bertz CT molecular complexity index is 1010. The molecule has 4 nitrogen and oxygen atoms in total. The highest BCUT2D eigenvalue weighted by molar-refractivity contribution is 7.16. The lowest BCUT2D eigenvalue weighted by Crippen LogP contribution is -2.16. The highest BCUT2D eigenvalue weighted by Gasteiger charge is 2.09. The van der Waals surface area contributed by atoms with E-state index in [1.807, 2.05) is 60.0 Å². The van der Waals surface area contributed by atoms with E-state index in [0.717, 1.165) is 21.5 Å². The average molecular weight is 364 g/mol. The zero-order chi connectivity index (χ0) is 18.4. The number of thiazole rings is 1. The van der Waals surface area contributed by atoms with E-state index in [1.54, 1.807) is 0 Å². The minimum atomic E-state index is -0.142. The fraction of sp³-hybridized carbons (Fsp3) is 0.238. The molecule has 0 bridgehead atoms. The summed E-state index contributed by atoms with van der Waals surface area (Å²) in [5.41, 5.74) is 2.09. The second-order valence-electron chi connectivity index (χ2n) is 5.73. The molecule has 132 valence electrons. The maximum absolute atomic E-state index is 12.3. The van der Waals surface area contributed by atoms with E-state index in [-0.39, 0.29) is 5.91 Å². The topological polar surface area (TPSA) is 43.6 Å². The molecular formula is C21H20N2O2S. The van der Waals surface area contributed by atoms with Gasteiger partial charge >= 0.3 is 0 Å². The molecule has 0 saturated carbocycles. The van der Waals surface area contributed by atoms with Gasteiger partial charge in [0.25, 0.3) is 0 Å². The van der Waals surface area contributed by atoms with Gasteiger partial charge in [-0.25, -0.2) is 0 Å². The highest BCUT2D eigenvalue weighted by atomic mass is 32.1. The van der Waals surface area contributed by atoms with Gasteiger partial charge in [-0.05, 0) is 37.1 Å². The first-order valence-electron chi connectivity index (χ1n) is 8.52. The summed E-state index contributed by atoms with van der Waals surface area (Å²) in [4.78, 5) is 17.3. The number of nitrogens with zero attached hydrogens (tertiary/aromatic N) is 2. The molecule has 0 aliphatic heterocycles. The van der Waals surface area contributed by atoms with Crippen molar-refractivity contribution in [3.63, 3.8) is 0 Å². The molecule has 5 heteroatoms. The van der Waals surface area contributed by atoms with Crippen molar-refractivity contribution >= 4 is 27.5 Å². The average Bonchev–Trinajstić information content (AvgIpc) is 2.98. The van der Waals surface area contributed by atoms with Crippen LogP contribution in [0, 0.1) is 12.3 Å². The minimum absolute atomic E-state index is 0.142. The highest BCUT2D eigenvalue weighted by Crippen LogP contribution is 2.23. The van der Waals surface area contributed by atoms with Crippen molar-refractivity contribution < 1.29 is 9.53 Å². The summed E-state index contributed by atoms with van der Waals surface area (Å²) in [7, 11) is 0. The summed E-state index contributed by atoms with van der Waals surface area (Å²) in [5, 5.41) is 0. The number of rotatable bonds is 6. The SMILES string of the molecule is C#CCn1c(=NC(=O)CCc2ccccc2)sc2cc(OCC)ccc21. The molecule has 0 spiro atoms. The molecule has 3 aromatic rings. The third-order valence-corrected chi connectivity index (χ3v) is 4.95. The van der Waals surface area contributed by atoms with Crippen molar-refractivity contribution in [3.8, 4) is 18.1 Å². The van der Waals surface area contributed by atoms with Gasteiger partial charge in [0, 0.05) is 6.42 Å². The first-order valence-corrected chi connectivity index (χ1v) is 9.34. The standard InChI is InChI=1S/C21H20N2O2S/c1-3-14-23-18-12-11-17(25-4-2)15-19(18)26-21(23)22-20(24)13-10-16-8-6-5-7-9-16/h1,5-9,11-12,15H,4,10,13-14H2,2H3. The lowest BCUT2D eigenvalue weighted by Gasteiger charge is -2.03. The molecule has 0 aliphatic carbocycles. The molecule has 0 radical (unpaired) electrons. The Morgan fingerprint density at radius 2 is 2.08 bits per heavy atom. The van der Waals surface area contributed by atoms with Gasteiger partial charge in [0.2, 0.25) is 5.91 Å². The van der Waals surface area contributed by atoms with Crippen LogP contribution in [0.1, 0.15) is 18.9 Å². The Hall–Kier alpha value is -2.84. The van der Waals surface area contributed by atoms with Crippen LogP contribution < -0.4 is 9.54 Å². The van der Waals surface area contributed by atoms with E-state index in [2.05, 4.69) is 10.9 Å². The molecule has 0 fully saturated rings. The van der Waals surface area contributed by atoms with Crippen molar-refractivity contribution in [1.82, 2.24) is 4.57 Å². The third-order valence-electron chi connectivity index (χ3n) is 3.91. The number of benzene rings is 2. The summed E-state index contributed by atoms with van der Waals surface area (Å²) >= 11 is 1.45.